The van der Waals surface area contributed by atoms with E-state index < -0.39 is 0 Å². The van der Waals surface area contributed by atoms with E-state index >= 15 is 0 Å². The van der Waals surface area contributed by atoms with Gasteiger partial charge in [-0.05, 0) is 56.3 Å². The van der Waals surface area contributed by atoms with Crippen LogP contribution < -0.4 is 0 Å². The van der Waals surface area contributed by atoms with Crippen LogP contribution in [0.15, 0.2) is 170 Å². The fraction of sp³-hybridized carbons (Fsp3) is 0. The monoisotopic (exact) mass is 624 g/mol. The molecule has 2 heterocycles. The van der Waals surface area contributed by atoms with Gasteiger partial charge in [-0.3, -0.25) is 4.57 Å². The number of para-hydroxylation sites is 1. The molecule has 0 saturated heterocycles. The van der Waals surface area contributed by atoms with Crippen molar-refractivity contribution in [3.8, 4) is 39.9 Å². The van der Waals surface area contributed by atoms with Gasteiger partial charge in [-0.2, -0.15) is 9.97 Å². The molecule has 2 aromatic heterocycles. The summed E-state index contributed by atoms with van der Waals surface area (Å²) in [5, 5.41) is 9.86. The van der Waals surface area contributed by atoms with Crippen LogP contribution in [0.25, 0.3) is 94.0 Å². The van der Waals surface area contributed by atoms with E-state index in [1.165, 1.54) is 37.7 Å². The lowest BCUT2D eigenvalue weighted by Gasteiger charge is -2.13. The van der Waals surface area contributed by atoms with Crippen molar-refractivity contribution in [2.45, 2.75) is 0 Å². The SMILES string of the molecule is c1ccc(-c2cccc(-c3nc(-c4ccccc4)nc(-n4c5ccccc5c5c6c7ccccc7c7ccccc7c6ccc54)n3)c2)cc1. The summed E-state index contributed by atoms with van der Waals surface area (Å²) in [5.74, 6) is 1.85. The highest BCUT2D eigenvalue weighted by molar-refractivity contribution is 6.35. The molecular weight excluding hydrogens is 597 g/mol. The molecule has 0 radical (unpaired) electrons. The molecule has 0 N–H and O–H groups in total. The summed E-state index contributed by atoms with van der Waals surface area (Å²) in [6.45, 7) is 0. The van der Waals surface area contributed by atoms with Crippen molar-refractivity contribution in [1.29, 1.82) is 0 Å². The average Bonchev–Trinajstić information content (AvgIpc) is 3.53. The van der Waals surface area contributed by atoms with Gasteiger partial charge >= 0.3 is 0 Å². The van der Waals surface area contributed by atoms with Gasteiger partial charge in [-0.15, -0.1) is 0 Å². The molecule has 0 aliphatic rings. The van der Waals surface area contributed by atoms with Crippen molar-refractivity contribution in [1.82, 2.24) is 19.5 Å². The fourth-order valence-corrected chi connectivity index (χ4v) is 7.45. The molecule has 4 heteroatoms. The zero-order valence-corrected chi connectivity index (χ0v) is 26.5. The normalized spacial score (nSPS) is 11.7. The Hall–Kier alpha value is -6.65. The van der Waals surface area contributed by atoms with Crippen LogP contribution in [0.3, 0.4) is 0 Å². The van der Waals surface area contributed by atoms with Crippen LogP contribution in [0.4, 0.5) is 0 Å². The van der Waals surface area contributed by atoms with Crippen LogP contribution in [-0.4, -0.2) is 19.5 Å². The molecule has 10 rings (SSSR count). The first-order valence-corrected chi connectivity index (χ1v) is 16.5. The Morgan fingerprint density at radius 2 is 0.816 bits per heavy atom. The van der Waals surface area contributed by atoms with Crippen molar-refractivity contribution >= 4 is 54.1 Å². The van der Waals surface area contributed by atoms with Gasteiger partial charge in [0.15, 0.2) is 11.6 Å². The molecule has 0 amide bonds. The molecule has 8 aromatic carbocycles. The Labute approximate surface area is 282 Å². The van der Waals surface area contributed by atoms with Crippen molar-refractivity contribution in [3.63, 3.8) is 0 Å². The molecule has 0 bridgehead atoms. The lowest BCUT2D eigenvalue weighted by molar-refractivity contribution is 0.953. The van der Waals surface area contributed by atoms with Gasteiger partial charge in [0.2, 0.25) is 5.95 Å². The molecule has 228 valence electrons. The number of benzene rings is 8. The maximum atomic E-state index is 5.24. The number of rotatable bonds is 4. The van der Waals surface area contributed by atoms with Crippen molar-refractivity contribution < 1.29 is 0 Å². The van der Waals surface area contributed by atoms with Gasteiger partial charge in [-0.25, -0.2) is 4.98 Å². The number of fused-ring (bicyclic) bond motifs is 10. The minimum Gasteiger partial charge on any atom is -0.278 e. The van der Waals surface area contributed by atoms with E-state index in [0.29, 0.717) is 17.6 Å². The third-order valence-corrected chi connectivity index (χ3v) is 9.63. The second-order valence-corrected chi connectivity index (χ2v) is 12.4. The van der Waals surface area contributed by atoms with Gasteiger partial charge < -0.3 is 0 Å². The Morgan fingerprint density at radius 1 is 0.306 bits per heavy atom. The predicted molar refractivity (Wildman–Crippen MR) is 203 cm³/mol. The van der Waals surface area contributed by atoms with E-state index in [9.17, 15) is 0 Å². The van der Waals surface area contributed by atoms with E-state index in [-0.39, 0.29) is 0 Å². The summed E-state index contributed by atoms with van der Waals surface area (Å²) in [5.41, 5.74) is 6.25. The largest absolute Gasteiger partial charge is 0.278 e. The Balaban J connectivity index is 1.30. The number of hydrogen-bond donors (Lipinski definition) is 0. The fourth-order valence-electron chi connectivity index (χ4n) is 7.45. The Morgan fingerprint density at radius 3 is 1.53 bits per heavy atom. The van der Waals surface area contributed by atoms with Crippen LogP contribution in [0, 0.1) is 0 Å². The summed E-state index contributed by atoms with van der Waals surface area (Å²) in [7, 11) is 0. The van der Waals surface area contributed by atoms with E-state index in [1.807, 2.05) is 24.3 Å². The van der Waals surface area contributed by atoms with Crippen LogP contribution in [0.5, 0.6) is 0 Å². The number of hydrogen-bond acceptors (Lipinski definition) is 3. The molecule has 10 aromatic rings. The smallest absolute Gasteiger partial charge is 0.238 e. The van der Waals surface area contributed by atoms with Crippen LogP contribution >= 0.6 is 0 Å². The van der Waals surface area contributed by atoms with Crippen molar-refractivity contribution in [2.24, 2.45) is 0 Å². The molecule has 49 heavy (non-hydrogen) atoms. The molecule has 0 atom stereocenters. The summed E-state index contributed by atoms with van der Waals surface area (Å²) in [6.07, 6.45) is 0. The van der Waals surface area contributed by atoms with Gasteiger partial charge in [0.05, 0.1) is 11.0 Å². The molecule has 0 aliphatic heterocycles. The average molecular weight is 625 g/mol. The Kier molecular flexibility index (Phi) is 6.15. The lowest BCUT2D eigenvalue weighted by Crippen LogP contribution is -2.06. The molecule has 0 fully saturated rings. The maximum absolute atomic E-state index is 5.24. The standard InChI is InChI=1S/C45H28N4/c1-3-14-29(15-4-1)31-18-13-19-32(28-31)44-46-43(30-16-5-2-6-17-30)47-45(48-44)49-39-25-12-11-24-38(39)42-40(49)27-26-37-35-22-8-7-20-33(35)34-21-9-10-23-36(34)41(37)42/h1-28H. The summed E-state index contributed by atoms with van der Waals surface area (Å²) >= 11 is 0. The highest BCUT2D eigenvalue weighted by Gasteiger charge is 2.21. The van der Waals surface area contributed by atoms with Crippen molar-refractivity contribution in [2.75, 3.05) is 0 Å². The second kappa shape index (κ2) is 11.0. The van der Waals surface area contributed by atoms with Gasteiger partial charge in [0, 0.05) is 27.3 Å². The van der Waals surface area contributed by atoms with Crippen LogP contribution in [0.2, 0.25) is 0 Å². The topological polar surface area (TPSA) is 43.6 Å². The zero-order valence-electron chi connectivity index (χ0n) is 26.5. The summed E-state index contributed by atoms with van der Waals surface area (Å²) < 4.78 is 2.22. The van der Waals surface area contributed by atoms with Crippen molar-refractivity contribution in [3.05, 3.63) is 170 Å². The third-order valence-electron chi connectivity index (χ3n) is 9.63. The first-order valence-electron chi connectivity index (χ1n) is 16.5. The maximum Gasteiger partial charge on any atom is 0.238 e. The second-order valence-electron chi connectivity index (χ2n) is 12.4. The van der Waals surface area contributed by atoms with Gasteiger partial charge in [-0.1, -0.05) is 152 Å². The van der Waals surface area contributed by atoms with E-state index in [2.05, 4.69) is 150 Å². The van der Waals surface area contributed by atoms with Crippen LogP contribution in [0.1, 0.15) is 0 Å². The minimum atomic E-state index is 0.588. The zero-order chi connectivity index (χ0) is 32.3. The highest BCUT2D eigenvalue weighted by atomic mass is 15.2. The molecule has 0 saturated carbocycles. The summed E-state index contributed by atoms with van der Waals surface area (Å²) in [6, 6.07) is 59.7. The first-order chi connectivity index (χ1) is 24.3. The quantitative estimate of drug-likeness (QED) is 0.183. The molecule has 4 nitrogen and oxygen atoms in total. The highest BCUT2D eigenvalue weighted by Crippen LogP contribution is 2.43. The summed E-state index contributed by atoms with van der Waals surface area (Å²) in [4.78, 5) is 15.5. The number of nitrogens with zero attached hydrogens (tertiary/aromatic N) is 4. The first kappa shape index (κ1) is 27.5. The predicted octanol–water partition coefficient (Wildman–Crippen LogP) is 11.4. The Bertz CT molecular complexity index is 2840. The molecule has 0 spiro atoms. The molecule has 0 aliphatic carbocycles. The lowest BCUT2D eigenvalue weighted by atomic mass is 9.92. The number of aromatic nitrogens is 4. The van der Waals surface area contributed by atoms with Gasteiger partial charge in [0.25, 0.3) is 0 Å². The minimum absolute atomic E-state index is 0.588. The van der Waals surface area contributed by atoms with Gasteiger partial charge in [0.1, 0.15) is 0 Å². The molecule has 0 unspecified atom stereocenters. The molecular formula is C45H28N4. The van der Waals surface area contributed by atoms with E-state index in [4.69, 9.17) is 15.0 Å². The van der Waals surface area contributed by atoms with Crippen LogP contribution in [-0.2, 0) is 0 Å². The van der Waals surface area contributed by atoms with E-state index in [1.54, 1.807) is 0 Å². The third kappa shape index (κ3) is 4.35. The van der Waals surface area contributed by atoms with E-state index in [0.717, 1.165) is 38.7 Å².